The summed E-state index contributed by atoms with van der Waals surface area (Å²) in [5, 5.41) is 2.80. The van der Waals surface area contributed by atoms with Crippen molar-refractivity contribution < 1.29 is 14.3 Å². The fourth-order valence-electron chi connectivity index (χ4n) is 3.16. The van der Waals surface area contributed by atoms with E-state index < -0.39 is 12.1 Å². The molecule has 1 N–H and O–H groups in total. The van der Waals surface area contributed by atoms with Crippen LogP contribution in [0.3, 0.4) is 0 Å². The van der Waals surface area contributed by atoms with Gasteiger partial charge in [-0.05, 0) is 19.4 Å². The Labute approximate surface area is 124 Å². The van der Waals surface area contributed by atoms with Gasteiger partial charge in [0.15, 0.2) is 0 Å². The zero-order valence-corrected chi connectivity index (χ0v) is 12.3. The largest absolute Gasteiger partial charge is 0.493 e. The van der Waals surface area contributed by atoms with E-state index in [4.69, 9.17) is 4.74 Å². The van der Waals surface area contributed by atoms with Crippen LogP contribution in [0.1, 0.15) is 38.3 Å². The van der Waals surface area contributed by atoms with Gasteiger partial charge >= 0.3 is 0 Å². The maximum Gasteiger partial charge on any atom is 0.246 e. The second-order valence-electron chi connectivity index (χ2n) is 5.58. The first-order valence-electron chi connectivity index (χ1n) is 7.47. The number of rotatable bonds is 2. The van der Waals surface area contributed by atoms with Gasteiger partial charge in [-0.2, -0.15) is 0 Å². The molecular weight excluding hydrogens is 268 g/mol. The highest BCUT2D eigenvalue weighted by Gasteiger charge is 2.42. The van der Waals surface area contributed by atoms with Crippen LogP contribution in [-0.4, -0.2) is 35.4 Å². The van der Waals surface area contributed by atoms with Crippen molar-refractivity contribution >= 4 is 11.8 Å². The first-order valence-corrected chi connectivity index (χ1v) is 7.47. The van der Waals surface area contributed by atoms with Gasteiger partial charge in [0.1, 0.15) is 17.8 Å². The zero-order valence-electron chi connectivity index (χ0n) is 12.3. The van der Waals surface area contributed by atoms with Gasteiger partial charge in [-0.25, -0.2) is 0 Å². The molecule has 21 heavy (non-hydrogen) atoms. The third-order valence-corrected chi connectivity index (χ3v) is 4.34. The summed E-state index contributed by atoms with van der Waals surface area (Å²) in [4.78, 5) is 26.6. The molecule has 2 amide bonds. The number of carbonyl (C=O) groups excluding carboxylic acids is 2. The maximum absolute atomic E-state index is 12.7. The number of para-hydroxylation sites is 1. The Bertz CT molecular complexity index is 572. The number of hydrogen-bond acceptors (Lipinski definition) is 3. The number of hydrogen-bond donors (Lipinski definition) is 1. The minimum atomic E-state index is -0.448. The van der Waals surface area contributed by atoms with E-state index >= 15 is 0 Å². The van der Waals surface area contributed by atoms with E-state index in [1.165, 1.54) is 0 Å². The molecule has 0 aromatic heterocycles. The van der Waals surface area contributed by atoms with Gasteiger partial charge in [-0.3, -0.25) is 9.59 Å². The van der Waals surface area contributed by atoms with E-state index in [2.05, 4.69) is 5.32 Å². The Kier molecular flexibility index (Phi) is 3.57. The monoisotopic (exact) mass is 288 g/mol. The molecule has 5 nitrogen and oxygen atoms in total. The second-order valence-corrected chi connectivity index (χ2v) is 5.58. The molecule has 112 valence electrons. The topological polar surface area (TPSA) is 58.6 Å². The third kappa shape index (κ3) is 2.26. The lowest BCUT2D eigenvalue weighted by molar-refractivity contribution is -0.152. The summed E-state index contributed by atoms with van der Waals surface area (Å²) in [6.07, 6.45) is 1.33. The molecule has 0 bridgehead atoms. The van der Waals surface area contributed by atoms with Crippen LogP contribution in [-0.2, 0) is 9.59 Å². The summed E-state index contributed by atoms with van der Waals surface area (Å²) in [7, 11) is 0. The molecule has 0 radical (unpaired) electrons. The SMILES string of the molecule is CCC1NC(=O)C(C)N(C2CCOc3ccccc32)C1=O. The van der Waals surface area contributed by atoms with E-state index in [1.54, 1.807) is 11.8 Å². The first kappa shape index (κ1) is 13.9. The molecule has 0 aliphatic carbocycles. The second kappa shape index (κ2) is 5.39. The van der Waals surface area contributed by atoms with Crippen molar-refractivity contribution in [3.8, 4) is 5.75 Å². The minimum absolute atomic E-state index is 0.00584. The van der Waals surface area contributed by atoms with E-state index in [-0.39, 0.29) is 17.9 Å². The number of nitrogens with one attached hydrogen (secondary N) is 1. The quantitative estimate of drug-likeness (QED) is 0.900. The van der Waals surface area contributed by atoms with Crippen molar-refractivity contribution in [3.05, 3.63) is 29.8 Å². The van der Waals surface area contributed by atoms with Crippen molar-refractivity contribution in [2.45, 2.75) is 44.8 Å². The summed E-state index contributed by atoms with van der Waals surface area (Å²) in [5.74, 6) is 0.740. The van der Waals surface area contributed by atoms with Crippen molar-refractivity contribution in [1.29, 1.82) is 0 Å². The standard InChI is InChI=1S/C16H20N2O3/c1-3-12-16(20)18(10(2)15(19)17-12)13-8-9-21-14-7-5-4-6-11(13)14/h4-7,10,12-13H,3,8-9H2,1-2H3,(H,17,19). The van der Waals surface area contributed by atoms with Crippen molar-refractivity contribution in [2.75, 3.05) is 6.61 Å². The fraction of sp³-hybridized carbons (Fsp3) is 0.500. The number of amides is 2. The predicted octanol–water partition coefficient (Wildman–Crippen LogP) is 1.64. The minimum Gasteiger partial charge on any atom is -0.493 e. The lowest BCUT2D eigenvalue weighted by Gasteiger charge is -2.43. The Morgan fingerprint density at radius 1 is 1.33 bits per heavy atom. The van der Waals surface area contributed by atoms with Crippen LogP contribution < -0.4 is 10.1 Å². The van der Waals surface area contributed by atoms with E-state index in [0.717, 1.165) is 17.7 Å². The normalized spacial score (nSPS) is 28.7. The average molecular weight is 288 g/mol. The molecule has 5 heteroatoms. The van der Waals surface area contributed by atoms with Crippen LogP contribution in [0.4, 0.5) is 0 Å². The number of fused-ring (bicyclic) bond motifs is 1. The highest BCUT2D eigenvalue weighted by molar-refractivity contribution is 5.97. The molecule has 1 aromatic rings. The molecule has 2 aliphatic rings. The molecule has 2 aliphatic heterocycles. The molecule has 3 unspecified atom stereocenters. The first-order chi connectivity index (χ1) is 10.1. The molecule has 0 saturated carbocycles. The molecule has 2 heterocycles. The van der Waals surface area contributed by atoms with Crippen molar-refractivity contribution in [2.24, 2.45) is 0 Å². The number of nitrogens with zero attached hydrogens (tertiary/aromatic N) is 1. The smallest absolute Gasteiger partial charge is 0.246 e. The third-order valence-electron chi connectivity index (χ3n) is 4.34. The van der Waals surface area contributed by atoms with Crippen LogP contribution in [0.15, 0.2) is 24.3 Å². The Morgan fingerprint density at radius 3 is 2.86 bits per heavy atom. The van der Waals surface area contributed by atoms with E-state index in [1.807, 2.05) is 31.2 Å². The van der Waals surface area contributed by atoms with Gasteiger partial charge in [0.05, 0.1) is 12.6 Å². The molecule has 1 saturated heterocycles. The van der Waals surface area contributed by atoms with Crippen LogP contribution in [0.5, 0.6) is 5.75 Å². The molecule has 1 fully saturated rings. The summed E-state index contributed by atoms with van der Waals surface area (Å²) < 4.78 is 5.66. The van der Waals surface area contributed by atoms with Crippen LogP contribution in [0, 0.1) is 0 Å². The summed E-state index contributed by atoms with van der Waals surface area (Å²) >= 11 is 0. The highest BCUT2D eigenvalue weighted by Crippen LogP contribution is 2.38. The van der Waals surface area contributed by atoms with Crippen LogP contribution in [0.25, 0.3) is 0 Å². The van der Waals surface area contributed by atoms with Gasteiger partial charge in [0, 0.05) is 12.0 Å². The van der Waals surface area contributed by atoms with Crippen molar-refractivity contribution in [1.82, 2.24) is 10.2 Å². The van der Waals surface area contributed by atoms with E-state index in [9.17, 15) is 9.59 Å². The van der Waals surface area contributed by atoms with Crippen LogP contribution >= 0.6 is 0 Å². The molecule has 1 aromatic carbocycles. The molecule has 3 rings (SSSR count). The van der Waals surface area contributed by atoms with Gasteiger partial charge < -0.3 is 15.0 Å². The number of ether oxygens (including phenoxy) is 1. The molecule has 0 spiro atoms. The van der Waals surface area contributed by atoms with Gasteiger partial charge in [0.2, 0.25) is 11.8 Å². The Hall–Kier alpha value is -2.04. The Balaban J connectivity index is 1.98. The number of carbonyl (C=O) groups is 2. The summed E-state index contributed by atoms with van der Waals surface area (Å²) in [6, 6.07) is 6.81. The highest BCUT2D eigenvalue weighted by atomic mass is 16.5. The lowest BCUT2D eigenvalue weighted by atomic mass is 9.94. The Morgan fingerprint density at radius 2 is 2.10 bits per heavy atom. The molecule has 3 atom stereocenters. The van der Waals surface area contributed by atoms with Gasteiger partial charge in [0.25, 0.3) is 0 Å². The molecular formula is C16H20N2O3. The summed E-state index contributed by atoms with van der Waals surface area (Å²) in [5.41, 5.74) is 0.994. The summed E-state index contributed by atoms with van der Waals surface area (Å²) in [6.45, 7) is 4.27. The van der Waals surface area contributed by atoms with Gasteiger partial charge in [-0.15, -0.1) is 0 Å². The lowest BCUT2D eigenvalue weighted by Crippen LogP contribution is -2.63. The van der Waals surface area contributed by atoms with Crippen LogP contribution in [0.2, 0.25) is 0 Å². The zero-order chi connectivity index (χ0) is 15.0. The number of piperazine rings is 1. The average Bonchev–Trinajstić information content (AvgIpc) is 2.51. The fourth-order valence-corrected chi connectivity index (χ4v) is 3.16. The van der Waals surface area contributed by atoms with Gasteiger partial charge in [-0.1, -0.05) is 25.1 Å². The van der Waals surface area contributed by atoms with Crippen molar-refractivity contribution in [3.63, 3.8) is 0 Å². The van der Waals surface area contributed by atoms with E-state index in [0.29, 0.717) is 13.0 Å². The predicted molar refractivity (Wildman–Crippen MR) is 77.8 cm³/mol. The number of benzene rings is 1. The maximum atomic E-state index is 12.7.